The van der Waals surface area contributed by atoms with Gasteiger partial charge in [0.1, 0.15) is 5.15 Å². The molecule has 0 spiro atoms. The van der Waals surface area contributed by atoms with Crippen LogP contribution in [-0.4, -0.2) is 18.0 Å². The van der Waals surface area contributed by atoms with Crippen LogP contribution in [0.3, 0.4) is 0 Å². The molecule has 0 aliphatic heterocycles. The summed E-state index contributed by atoms with van der Waals surface area (Å²) in [5.41, 5.74) is 8.38. The van der Waals surface area contributed by atoms with E-state index in [1.165, 1.54) is 12.3 Å². The van der Waals surface area contributed by atoms with Gasteiger partial charge in [-0.2, -0.15) is 0 Å². The van der Waals surface area contributed by atoms with Gasteiger partial charge in [0.25, 0.3) is 5.91 Å². The topological polar surface area (TPSA) is 77.2 Å². The lowest BCUT2D eigenvalue weighted by atomic mass is 10.1. The maximum Gasteiger partial charge on any atom is 0.253 e. The second-order valence-corrected chi connectivity index (χ2v) is 4.92. The number of nitrogen functional groups attached to an aromatic ring is 1. The Hall–Kier alpha value is -2.11. The smallest absolute Gasteiger partial charge is 0.253 e. The van der Waals surface area contributed by atoms with Crippen LogP contribution in [0.1, 0.15) is 21.5 Å². The van der Waals surface area contributed by atoms with E-state index >= 15 is 0 Å². The molecule has 0 aliphatic carbocycles. The molecule has 0 saturated heterocycles. The molecule has 0 unspecified atom stereocenters. The van der Waals surface area contributed by atoms with Gasteiger partial charge in [0.05, 0.1) is 24.1 Å². The van der Waals surface area contributed by atoms with E-state index < -0.39 is 0 Å². The highest BCUT2D eigenvalue weighted by molar-refractivity contribution is 6.29. The number of nitrogens with zero attached hydrogens (tertiary/aromatic N) is 1. The van der Waals surface area contributed by atoms with Crippen molar-refractivity contribution in [1.29, 1.82) is 0 Å². The quantitative estimate of drug-likeness (QED) is 0.832. The van der Waals surface area contributed by atoms with Gasteiger partial charge in [-0.1, -0.05) is 35.9 Å². The summed E-state index contributed by atoms with van der Waals surface area (Å²) in [6.45, 7) is 0.935. The van der Waals surface area contributed by atoms with Crippen LogP contribution in [0.15, 0.2) is 36.5 Å². The first-order valence-electron chi connectivity index (χ1n) is 6.36. The number of hydrogen-bond acceptors (Lipinski definition) is 4. The molecule has 0 atom stereocenters. The number of anilines is 1. The number of nitrogens with one attached hydrogen (secondary N) is 1. The second kappa shape index (κ2) is 7.06. The van der Waals surface area contributed by atoms with Crippen molar-refractivity contribution < 1.29 is 9.53 Å². The molecule has 6 heteroatoms. The van der Waals surface area contributed by atoms with Gasteiger partial charge in [0.15, 0.2) is 0 Å². The first kappa shape index (κ1) is 15.3. The monoisotopic (exact) mass is 305 g/mol. The minimum Gasteiger partial charge on any atom is -0.397 e. The van der Waals surface area contributed by atoms with Gasteiger partial charge < -0.3 is 15.8 Å². The Balaban J connectivity index is 2.04. The first-order chi connectivity index (χ1) is 10.1. The molecule has 2 aromatic rings. The zero-order chi connectivity index (χ0) is 15.2. The van der Waals surface area contributed by atoms with Crippen LogP contribution in [0.25, 0.3) is 0 Å². The molecular formula is C15H16ClN3O2. The number of nitrogens with two attached hydrogens (primary N) is 1. The minimum atomic E-state index is -0.283. The lowest BCUT2D eigenvalue weighted by Crippen LogP contribution is -2.24. The molecule has 3 N–H and O–H groups in total. The van der Waals surface area contributed by atoms with Crippen molar-refractivity contribution in [2.24, 2.45) is 0 Å². The number of carbonyl (C=O) groups excluding carboxylic acids is 1. The Morgan fingerprint density at radius 3 is 2.90 bits per heavy atom. The summed E-state index contributed by atoms with van der Waals surface area (Å²) in [4.78, 5) is 15.9. The molecule has 1 heterocycles. The number of amides is 1. The molecule has 1 aromatic carbocycles. The lowest BCUT2D eigenvalue weighted by molar-refractivity contribution is 0.0951. The average molecular weight is 306 g/mol. The van der Waals surface area contributed by atoms with Crippen LogP contribution in [0.4, 0.5) is 5.69 Å². The average Bonchev–Trinajstić information content (AvgIpc) is 2.48. The van der Waals surface area contributed by atoms with Gasteiger partial charge in [-0.25, -0.2) is 4.98 Å². The summed E-state index contributed by atoms with van der Waals surface area (Å²) >= 11 is 5.77. The van der Waals surface area contributed by atoms with Crippen molar-refractivity contribution >= 4 is 23.2 Å². The molecule has 0 bridgehead atoms. The number of aromatic nitrogens is 1. The molecule has 0 saturated carbocycles. The lowest BCUT2D eigenvalue weighted by Gasteiger charge is -2.09. The number of halogens is 1. The van der Waals surface area contributed by atoms with Crippen molar-refractivity contribution in [2.75, 3.05) is 12.8 Å². The summed E-state index contributed by atoms with van der Waals surface area (Å²) in [5, 5.41) is 3.04. The number of methoxy groups -OCH3 is 1. The fourth-order valence-electron chi connectivity index (χ4n) is 1.91. The molecule has 0 radical (unpaired) electrons. The van der Waals surface area contributed by atoms with Crippen LogP contribution >= 0.6 is 11.6 Å². The predicted octanol–water partition coefficient (Wildman–Crippen LogP) is 2.39. The van der Waals surface area contributed by atoms with Crippen molar-refractivity contribution in [2.45, 2.75) is 13.2 Å². The Morgan fingerprint density at radius 1 is 1.38 bits per heavy atom. The second-order valence-electron chi connectivity index (χ2n) is 4.53. The number of ether oxygens (including phenoxy) is 1. The van der Waals surface area contributed by atoms with Crippen LogP contribution in [0.5, 0.6) is 0 Å². The standard InChI is InChI=1S/C15H16ClN3O2/c1-21-9-11-4-2-3-10(5-11)7-19-15(20)12-6-14(16)18-8-13(12)17/h2-6,8H,7,9,17H2,1H3,(H,19,20). The number of benzene rings is 1. The predicted molar refractivity (Wildman–Crippen MR) is 82.0 cm³/mol. The normalized spacial score (nSPS) is 10.4. The summed E-state index contributed by atoms with van der Waals surface area (Å²) in [7, 11) is 1.64. The van der Waals surface area contributed by atoms with E-state index in [1.54, 1.807) is 7.11 Å². The SMILES string of the molecule is COCc1cccc(CNC(=O)c2cc(Cl)ncc2N)c1. The van der Waals surface area contributed by atoms with Crippen molar-refractivity contribution in [3.8, 4) is 0 Å². The van der Waals surface area contributed by atoms with E-state index in [1.807, 2.05) is 24.3 Å². The first-order valence-corrected chi connectivity index (χ1v) is 6.74. The fourth-order valence-corrected chi connectivity index (χ4v) is 2.07. The Labute approximate surface area is 128 Å². The van der Waals surface area contributed by atoms with Crippen LogP contribution in [-0.2, 0) is 17.9 Å². The van der Waals surface area contributed by atoms with E-state index in [-0.39, 0.29) is 11.1 Å². The maximum absolute atomic E-state index is 12.1. The third kappa shape index (κ3) is 4.18. The number of rotatable bonds is 5. The molecule has 21 heavy (non-hydrogen) atoms. The highest BCUT2D eigenvalue weighted by Gasteiger charge is 2.10. The van der Waals surface area contributed by atoms with Crippen LogP contribution in [0.2, 0.25) is 5.15 Å². The van der Waals surface area contributed by atoms with Gasteiger partial charge in [0.2, 0.25) is 0 Å². The van der Waals surface area contributed by atoms with Gasteiger partial charge in [0, 0.05) is 13.7 Å². The molecule has 5 nitrogen and oxygen atoms in total. The summed E-state index contributed by atoms with van der Waals surface area (Å²) in [6, 6.07) is 9.26. The molecule has 1 amide bonds. The minimum absolute atomic E-state index is 0.233. The Morgan fingerprint density at radius 2 is 2.14 bits per heavy atom. The number of pyridine rings is 1. The summed E-state index contributed by atoms with van der Waals surface area (Å²) in [6.07, 6.45) is 1.37. The van der Waals surface area contributed by atoms with Crippen LogP contribution in [0, 0.1) is 0 Å². The fraction of sp³-hybridized carbons (Fsp3) is 0.200. The highest BCUT2D eigenvalue weighted by atomic mass is 35.5. The molecular weight excluding hydrogens is 290 g/mol. The molecule has 1 aromatic heterocycles. The number of carbonyl (C=O) groups is 1. The van der Waals surface area contributed by atoms with E-state index in [4.69, 9.17) is 22.1 Å². The molecule has 0 fully saturated rings. The van der Waals surface area contributed by atoms with Gasteiger partial charge in [-0.3, -0.25) is 4.79 Å². The van der Waals surface area contributed by atoms with E-state index in [9.17, 15) is 4.79 Å². The molecule has 110 valence electrons. The Bertz CT molecular complexity index is 647. The largest absolute Gasteiger partial charge is 0.397 e. The third-order valence-corrected chi connectivity index (χ3v) is 3.11. The van der Waals surface area contributed by atoms with E-state index in [2.05, 4.69) is 10.3 Å². The highest BCUT2D eigenvalue weighted by Crippen LogP contribution is 2.15. The van der Waals surface area contributed by atoms with Crippen LogP contribution < -0.4 is 11.1 Å². The summed E-state index contributed by atoms with van der Waals surface area (Å²) < 4.78 is 5.08. The molecule has 0 aliphatic rings. The van der Waals surface area contributed by atoms with Crippen molar-refractivity contribution in [3.05, 3.63) is 58.4 Å². The van der Waals surface area contributed by atoms with Crippen molar-refractivity contribution in [1.82, 2.24) is 10.3 Å². The van der Waals surface area contributed by atoms with E-state index in [0.717, 1.165) is 11.1 Å². The Kier molecular flexibility index (Phi) is 5.14. The maximum atomic E-state index is 12.1. The van der Waals surface area contributed by atoms with Gasteiger partial charge in [-0.05, 0) is 17.2 Å². The summed E-state index contributed by atoms with van der Waals surface area (Å²) in [5.74, 6) is -0.283. The zero-order valence-corrected chi connectivity index (χ0v) is 12.4. The van der Waals surface area contributed by atoms with Gasteiger partial charge in [-0.15, -0.1) is 0 Å². The van der Waals surface area contributed by atoms with Gasteiger partial charge >= 0.3 is 0 Å². The third-order valence-electron chi connectivity index (χ3n) is 2.90. The number of hydrogen-bond donors (Lipinski definition) is 2. The molecule has 2 rings (SSSR count). The van der Waals surface area contributed by atoms with Crippen molar-refractivity contribution in [3.63, 3.8) is 0 Å². The van der Waals surface area contributed by atoms with E-state index in [0.29, 0.717) is 24.4 Å². The zero-order valence-electron chi connectivity index (χ0n) is 11.6.